The second-order valence-electron chi connectivity index (χ2n) is 5.92. The van der Waals surface area contributed by atoms with Crippen LogP contribution in [0.25, 0.3) is 0 Å². The van der Waals surface area contributed by atoms with Crippen LogP contribution in [0.1, 0.15) is 24.6 Å². The topological polar surface area (TPSA) is 108 Å². The third-order valence-electron chi connectivity index (χ3n) is 4.01. The summed E-state index contributed by atoms with van der Waals surface area (Å²) < 4.78 is 27.1. The van der Waals surface area contributed by atoms with Gasteiger partial charge >= 0.3 is 0 Å². The number of hydrogen-bond acceptors (Lipinski definition) is 6. The van der Waals surface area contributed by atoms with Gasteiger partial charge in [-0.3, -0.25) is 9.59 Å². The van der Waals surface area contributed by atoms with Gasteiger partial charge in [-0.2, -0.15) is 0 Å². The zero-order valence-electron chi connectivity index (χ0n) is 14.4. The van der Waals surface area contributed by atoms with Crippen molar-refractivity contribution in [2.24, 2.45) is 0 Å². The average Bonchev–Trinajstić information content (AvgIpc) is 3.08. The van der Waals surface area contributed by atoms with Crippen LogP contribution in [-0.2, 0) is 26.2 Å². The van der Waals surface area contributed by atoms with Gasteiger partial charge in [0.15, 0.2) is 0 Å². The first-order chi connectivity index (χ1) is 11.8. The first-order valence-corrected chi connectivity index (χ1v) is 10.4. The Kier molecular flexibility index (Phi) is 6.94. The number of carbonyl (C=O) groups is 2. The number of sulfonamides is 1. The van der Waals surface area contributed by atoms with Crippen LogP contribution in [-0.4, -0.2) is 57.9 Å². The standard InChI is InChI=1S/C15H24N4O4S2/c1-11(20)17-8-13-5-6-15(24-13)25(22,23)18-9-14(21)19-7-3-4-12(10-19)16-2/h5-6,12,16,18H,3-4,7-10H2,1-2H3,(H,17,20). The maximum Gasteiger partial charge on any atom is 0.250 e. The molecule has 1 aliphatic heterocycles. The Morgan fingerprint density at radius 3 is 2.80 bits per heavy atom. The number of piperidine rings is 1. The van der Waals surface area contributed by atoms with Crippen molar-refractivity contribution in [2.75, 3.05) is 26.7 Å². The summed E-state index contributed by atoms with van der Waals surface area (Å²) in [7, 11) is -1.88. The Morgan fingerprint density at radius 2 is 2.12 bits per heavy atom. The molecule has 10 heteroatoms. The number of carbonyl (C=O) groups excluding carboxylic acids is 2. The molecular weight excluding hydrogens is 364 g/mol. The molecule has 3 N–H and O–H groups in total. The number of nitrogens with zero attached hydrogens (tertiary/aromatic N) is 1. The fourth-order valence-electron chi connectivity index (χ4n) is 2.59. The van der Waals surface area contributed by atoms with E-state index in [-0.39, 0.29) is 35.2 Å². The van der Waals surface area contributed by atoms with Crippen LogP contribution in [0.2, 0.25) is 0 Å². The van der Waals surface area contributed by atoms with Gasteiger partial charge in [-0.05, 0) is 32.0 Å². The molecule has 1 unspecified atom stereocenters. The van der Waals surface area contributed by atoms with E-state index in [0.717, 1.165) is 29.1 Å². The number of nitrogens with one attached hydrogen (secondary N) is 3. The SMILES string of the molecule is CNC1CCCN(C(=O)CNS(=O)(=O)c2ccc(CNC(C)=O)s2)C1. The van der Waals surface area contributed by atoms with E-state index < -0.39 is 10.0 Å². The summed E-state index contributed by atoms with van der Waals surface area (Å²) in [6.45, 7) is 2.68. The fourth-order valence-corrected chi connectivity index (χ4v) is 4.90. The van der Waals surface area contributed by atoms with Crippen molar-refractivity contribution in [3.05, 3.63) is 17.0 Å². The van der Waals surface area contributed by atoms with Crippen molar-refractivity contribution >= 4 is 33.2 Å². The van der Waals surface area contributed by atoms with Crippen molar-refractivity contribution in [2.45, 2.75) is 36.6 Å². The smallest absolute Gasteiger partial charge is 0.250 e. The highest BCUT2D eigenvalue weighted by Gasteiger charge is 2.24. The zero-order valence-corrected chi connectivity index (χ0v) is 16.0. The van der Waals surface area contributed by atoms with Gasteiger partial charge in [0.05, 0.1) is 13.1 Å². The van der Waals surface area contributed by atoms with Gasteiger partial charge < -0.3 is 15.5 Å². The summed E-state index contributed by atoms with van der Waals surface area (Å²) in [6, 6.07) is 3.38. The molecule has 25 heavy (non-hydrogen) atoms. The highest BCUT2D eigenvalue weighted by atomic mass is 32.2. The molecule has 0 saturated carbocycles. The van der Waals surface area contributed by atoms with Crippen molar-refractivity contribution in [1.29, 1.82) is 0 Å². The predicted molar refractivity (Wildman–Crippen MR) is 95.7 cm³/mol. The van der Waals surface area contributed by atoms with E-state index in [0.29, 0.717) is 13.1 Å². The molecule has 140 valence electrons. The molecular formula is C15H24N4O4S2. The van der Waals surface area contributed by atoms with Gasteiger partial charge in [0.1, 0.15) is 4.21 Å². The number of likely N-dealkylation sites (tertiary alicyclic amines) is 1. The number of amides is 2. The zero-order chi connectivity index (χ0) is 18.4. The largest absolute Gasteiger partial charge is 0.351 e. The van der Waals surface area contributed by atoms with Crippen LogP contribution < -0.4 is 15.4 Å². The lowest BCUT2D eigenvalue weighted by Crippen LogP contribution is -2.49. The molecule has 0 aromatic carbocycles. The van der Waals surface area contributed by atoms with E-state index in [1.165, 1.54) is 13.0 Å². The summed E-state index contributed by atoms with van der Waals surface area (Å²) in [6.07, 6.45) is 1.92. The Hall–Kier alpha value is -1.49. The lowest BCUT2D eigenvalue weighted by molar-refractivity contribution is -0.131. The molecule has 0 radical (unpaired) electrons. The summed E-state index contributed by atoms with van der Waals surface area (Å²) in [5.41, 5.74) is 0. The maximum absolute atomic E-state index is 12.3. The van der Waals surface area contributed by atoms with Crippen molar-refractivity contribution in [3.63, 3.8) is 0 Å². The van der Waals surface area contributed by atoms with Crippen LogP contribution in [0.4, 0.5) is 0 Å². The quantitative estimate of drug-likeness (QED) is 0.603. The van der Waals surface area contributed by atoms with Crippen LogP contribution in [0.15, 0.2) is 16.3 Å². The highest BCUT2D eigenvalue weighted by Crippen LogP contribution is 2.21. The highest BCUT2D eigenvalue weighted by molar-refractivity contribution is 7.91. The molecule has 0 spiro atoms. The van der Waals surface area contributed by atoms with Crippen LogP contribution in [0, 0.1) is 0 Å². The first kappa shape index (κ1) is 19.8. The Morgan fingerprint density at radius 1 is 1.36 bits per heavy atom. The first-order valence-electron chi connectivity index (χ1n) is 8.09. The van der Waals surface area contributed by atoms with Crippen LogP contribution >= 0.6 is 11.3 Å². The molecule has 1 fully saturated rings. The van der Waals surface area contributed by atoms with Gasteiger partial charge in [-0.15, -0.1) is 11.3 Å². The number of thiophene rings is 1. The van der Waals surface area contributed by atoms with E-state index in [2.05, 4.69) is 15.4 Å². The van der Waals surface area contributed by atoms with Crippen molar-refractivity contribution in [1.82, 2.24) is 20.3 Å². The van der Waals surface area contributed by atoms with Gasteiger partial charge in [-0.25, -0.2) is 13.1 Å². The number of hydrogen-bond donors (Lipinski definition) is 3. The van der Waals surface area contributed by atoms with Gasteiger partial charge in [-0.1, -0.05) is 0 Å². The molecule has 2 amide bonds. The number of rotatable bonds is 7. The predicted octanol–water partition coefficient (Wildman–Crippen LogP) is -0.127. The second kappa shape index (κ2) is 8.75. The third-order valence-corrected chi connectivity index (χ3v) is 6.99. The maximum atomic E-state index is 12.3. The van der Waals surface area contributed by atoms with E-state index >= 15 is 0 Å². The monoisotopic (exact) mass is 388 g/mol. The lowest BCUT2D eigenvalue weighted by atomic mass is 10.1. The molecule has 1 aromatic rings. The summed E-state index contributed by atoms with van der Waals surface area (Å²) in [5, 5.41) is 5.77. The van der Waals surface area contributed by atoms with Crippen molar-refractivity contribution in [3.8, 4) is 0 Å². The molecule has 2 rings (SSSR count). The molecule has 1 aliphatic rings. The summed E-state index contributed by atoms with van der Waals surface area (Å²) in [5.74, 6) is -0.401. The molecule has 1 atom stereocenters. The van der Waals surface area contributed by atoms with Crippen molar-refractivity contribution < 1.29 is 18.0 Å². The molecule has 1 saturated heterocycles. The third kappa shape index (κ3) is 5.77. The number of likely N-dealkylation sites (N-methyl/N-ethyl adjacent to an activating group) is 1. The summed E-state index contributed by atoms with van der Waals surface area (Å²) >= 11 is 1.07. The Labute approximate surface area is 152 Å². The van der Waals surface area contributed by atoms with Gasteiger partial charge in [0, 0.05) is 30.9 Å². The second-order valence-corrected chi connectivity index (χ2v) is 9.08. The van der Waals surface area contributed by atoms with Gasteiger partial charge in [0.25, 0.3) is 10.0 Å². The molecule has 0 aliphatic carbocycles. The van der Waals surface area contributed by atoms with Crippen LogP contribution in [0.3, 0.4) is 0 Å². The van der Waals surface area contributed by atoms with E-state index in [1.807, 2.05) is 7.05 Å². The summed E-state index contributed by atoms with van der Waals surface area (Å²) in [4.78, 5) is 25.6. The Balaban J connectivity index is 1.90. The fraction of sp³-hybridized carbons (Fsp3) is 0.600. The average molecular weight is 389 g/mol. The van der Waals surface area contributed by atoms with Gasteiger partial charge in [0.2, 0.25) is 11.8 Å². The molecule has 1 aromatic heterocycles. The normalized spacial score (nSPS) is 18.2. The van der Waals surface area contributed by atoms with E-state index in [4.69, 9.17) is 0 Å². The minimum absolute atomic E-state index is 0.132. The lowest BCUT2D eigenvalue weighted by Gasteiger charge is -2.32. The molecule has 8 nitrogen and oxygen atoms in total. The van der Waals surface area contributed by atoms with E-state index in [1.54, 1.807) is 11.0 Å². The van der Waals surface area contributed by atoms with E-state index in [9.17, 15) is 18.0 Å². The Bertz CT molecular complexity index is 717. The minimum Gasteiger partial charge on any atom is -0.351 e. The molecule has 2 heterocycles. The van der Waals surface area contributed by atoms with Crippen LogP contribution in [0.5, 0.6) is 0 Å². The molecule has 0 bridgehead atoms. The minimum atomic E-state index is -3.74.